The van der Waals surface area contributed by atoms with Gasteiger partial charge in [0.2, 0.25) is 0 Å². The van der Waals surface area contributed by atoms with E-state index in [1.807, 2.05) is 0 Å². The van der Waals surface area contributed by atoms with Gasteiger partial charge in [-0.2, -0.15) is 0 Å². The van der Waals surface area contributed by atoms with Crippen LogP contribution in [0.15, 0.2) is 23.8 Å². The first kappa shape index (κ1) is 13.2. The van der Waals surface area contributed by atoms with Crippen molar-refractivity contribution < 1.29 is 4.74 Å². The summed E-state index contributed by atoms with van der Waals surface area (Å²) < 4.78 is 5.36. The van der Waals surface area contributed by atoms with Gasteiger partial charge in [-0.15, -0.1) is 0 Å². The van der Waals surface area contributed by atoms with E-state index >= 15 is 0 Å². The van der Waals surface area contributed by atoms with Crippen molar-refractivity contribution in [1.82, 2.24) is 0 Å². The van der Waals surface area contributed by atoms with Gasteiger partial charge in [-0.25, -0.2) is 0 Å². The molecule has 1 nitrogen and oxygen atoms in total. The Morgan fingerprint density at radius 2 is 1.83 bits per heavy atom. The summed E-state index contributed by atoms with van der Waals surface area (Å²) in [6.07, 6.45) is 4.89. The lowest BCUT2D eigenvalue weighted by molar-refractivity contribution is 0.414. The molecule has 1 heteroatoms. The summed E-state index contributed by atoms with van der Waals surface area (Å²) in [6.45, 7) is 6.88. The van der Waals surface area contributed by atoms with E-state index < -0.39 is 0 Å². The molecule has 0 aliphatic heterocycles. The molecule has 2 rings (SSSR count). The Labute approximate surface area is 111 Å². The summed E-state index contributed by atoms with van der Waals surface area (Å²) in [6, 6.07) is 6.56. The molecule has 0 bridgehead atoms. The van der Waals surface area contributed by atoms with Gasteiger partial charge in [0.15, 0.2) is 0 Å². The van der Waals surface area contributed by atoms with Gasteiger partial charge in [0.25, 0.3) is 0 Å². The lowest BCUT2D eigenvalue weighted by Gasteiger charge is -2.11. The van der Waals surface area contributed by atoms with E-state index in [1.54, 1.807) is 18.3 Å². The molecule has 0 N–H and O–H groups in total. The summed E-state index contributed by atoms with van der Waals surface area (Å²) in [5, 5.41) is 0. The monoisotopic (exact) mass is 244 g/mol. The minimum absolute atomic E-state index is 0.566. The molecule has 0 heterocycles. The first-order valence-electron chi connectivity index (χ1n) is 7.13. The SMILES string of the molecule is CCCC1=C(CCC)C(C)c2cc(OC)ccc21. The fourth-order valence-electron chi connectivity index (χ4n) is 3.10. The molecule has 0 radical (unpaired) electrons. The second-order valence-electron chi connectivity index (χ2n) is 5.18. The first-order valence-corrected chi connectivity index (χ1v) is 7.13. The fourth-order valence-corrected chi connectivity index (χ4v) is 3.10. The maximum Gasteiger partial charge on any atom is 0.119 e. The van der Waals surface area contributed by atoms with Gasteiger partial charge in [-0.05, 0) is 41.7 Å². The van der Waals surface area contributed by atoms with Crippen molar-refractivity contribution in [3.05, 3.63) is 34.9 Å². The predicted molar refractivity (Wildman–Crippen MR) is 78.1 cm³/mol. The van der Waals surface area contributed by atoms with Crippen molar-refractivity contribution in [2.24, 2.45) is 0 Å². The topological polar surface area (TPSA) is 9.23 Å². The van der Waals surface area contributed by atoms with Crippen LogP contribution in [0.1, 0.15) is 63.5 Å². The zero-order valence-corrected chi connectivity index (χ0v) is 12.0. The molecule has 1 aliphatic carbocycles. The molecule has 0 amide bonds. The molecule has 0 saturated heterocycles. The number of benzene rings is 1. The summed E-state index contributed by atoms with van der Waals surface area (Å²) in [5.74, 6) is 1.55. The molecule has 0 saturated carbocycles. The van der Waals surface area contributed by atoms with Crippen LogP contribution in [0.4, 0.5) is 0 Å². The minimum atomic E-state index is 0.566. The number of ether oxygens (including phenoxy) is 1. The highest BCUT2D eigenvalue weighted by molar-refractivity contribution is 5.78. The lowest BCUT2D eigenvalue weighted by atomic mass is 9.94. The Balaban J connectivity index is 2.45. The Hall–Kier alpha value is -1.24. The van der Waals surface area contributed by atoms with E-state index in [0.29, 0.717) is 5.92 Å². The van der Waals surface area contributed by atoms with Crippen LogP contribution in [0.5, 0.6) is 5.75 Å². The van der Waals surface area contributed by atoms with Crippen LogP contribution in [0, 0.1) is 0 Å². The Kier molecular flexibility index (Phi) is 4.11. The van der Waals surface area contributed by atoms with E-state index in [-0.39, 0.29) is 0 Å². The van der Waals surface area contributed by atoms with Gasteiger partial charge in [0.05, 0.1) is 7.11 Å². The van der Waals surface area contributed by atoms with Gasteiger partial charge >= 0.3 is 0 Å². The number of fused-ring (bicyclic) bond motifs is 1. The Morgan fingerprint density at radius 1 is 1.11 bits per heavy atom. The van der Waals surface area contributed by atoms with Crippen LogP contribution in [0.25, 0.3) is 5.57 Å². The normalized spacial score (nSPS) is 18.1. The molecular formula is C17H24O. The lowest BCUT2D eigenvalue weighted by Crippen LogP contribution is -1.94. The van der Waals surface area contributed by atoms with Gasteiger partial charge < -0.3 is 4.74 Å². The molecule has 0 spiro atoms. The van der Waals surface area contributed by atoms with Crippen LogP contribution in [0.3, 0.4) is 0 Å². The van der Waals surface area contributed by atoms with Gasteiger partial charge in [0.1, 0.15) is 5.75 Å². The van der Waals surface area contributed by atoms with E-state index in [9.17, 15) is 0 Å². The van der Waals surface area contributed by atoms with Crippen molar-refractivity contribution in [2.75, 3.05) is 7.11 Å². The average molecular weight is 244 g/mol. The Morgan fingerprint density at radius 3 is 2.44 bits per heavy atom. The largest absolute Gasteiger partial charge is 0.497 e. The number of hydrogen-bond donors (Lipinski definition) is 0. The first-order chi connectivity index (χ1) is 8.72. The van der Waals surface area contributed by atoms with Crippen LogP contribution in [0.2, 0.25) is 0 Å². The zero-order chi connectivity index (χ0) is 13.1. The molecule has 1 aromatic carbocycles. The number of methoxy groups -OCH3 is 1. The van der Waals surface area contributed by atoms with Crippen molar-refractivity contribution in [2.45, 2.75) is 52.4 Å². The third-order valence-corrected chi connectivity index (χ3v) is 3.98. The van der Waals surface area contributed by atoms with Gasteiger partial charge in [-0.3, -0.25) is 0 Å². The molecule has 0 fully saturated rings. The van der Waals surface area contributed by atoms with Gasteiger partial charge in [0, 0.05) is 5.92 Å². The highest BCUT2D eigenvalue weighted by Gasteiger charge is 2.27. The summed E-state index contributed by atoms with van der Waals surface area (Å²) in [4.78, 5) is 0. The van der Waals surface area contributed by atoms with Crippen molar-refractivity contribution in [3.63, 3.8) is 0 Å². The van der Waals surface area contributed by atoms with E-state index in [2.05, 4.69) is 39.0 Å². The van der Waals surface area contributed by atoms with Crippen LogP contribution >= 0.6 is 0 Å². The average Bonchev–Trinajstić information content (AvgIpc) is 2.65. The third-order valence-electron chi connectivity index (χ3n) is 3.98. The third kappa shape index (κ3) is 2.19. The van der Waals surface area contributed by atoms with Gasteiger partial charge in [-0.1, -0.05) is 45.3 Å². The van der Waals surface area contributed by atoms with Crippen molar-refractivity contribution in [1.29, 1.82) is 0 Å². The minimum Gasteiger partial charge on any atom is -0.497 e. The Bertz CT molecular complexity index is 457. The maximum absolute atomic E-state index is 5.36. The molecule has 0 aromatic heterocycles. The second-order valence-corrected chi connectivity index (χ2v) is 5.18. The molecule has 1 unspecified atom stereocenters. The predicted octanol–water partition coefficient (Wildman–Crippen LogP) is 5.17. The molecule has 1 atom stereocenters. The second kappa shape index (κ2) is 5.60. The smallest absolute Gasteiger partial charge is 0.119 e. The molecule has 98 valence electrons. The van der Waals surface area contributed by atoms with Crippen LogP contribution in [-0.4, -0.2) is 7.11 Å². The quantitative estimate of drug-likeness (QED) is 0.694. The van der Waals surface area contributed by atoms with Crippen molar-refractivity contribution >= 4 is 5.57 Å². The fraction of sp³-hybridized carbons (Fsp3) is 0.529. The summed E-state index contributed by atoms with van der Waals surface area (Å²) in [7, 11) is 1.74. The zero-order valence-electron chi connectivity index (χ0n) is 12.0. The standard InChI is InChI=1S/C17H24O/c1-5-7-14-12(3)17-11-13(18-4)9-10-16(17)15(14)8-6-2/h9-12H,5-8H2,1-4H3. The van der Waals surface area contributed by atoms with Crippen LogP contribution < -0.4 is 4.74 Å². The molecular weight excluding hydrogens is 220 g/mol. The molecule has 18 heavy (non-hydrogen) atoms. The summed E-state index contributed by atoms with van der Waals surface area (Å²) >= 11 is 0. The number of rotatable bonds is 5. The number of hydrogen-bond acceptors (Lipinski definition) is 1. The highest BCUT2D eigenvalue weighted by Crippen LogP contribution is 2.46. The van der Waals surface area contributed by atoms with E-state index in [1.165, 1.54) is 36.8 Å². The number of allylic oxidation sites excluding steroid dienone is 2. The maximum atomic E-state index is 5.36. The summed E-state index contributed by atoms with van der Waals surface area (Å²) in [5.41, 5.74) is 6.18. The van der Waals surface area contributed by atoms with Crippen LogP contribution in [-0.2, 0) is 0 Å². The van der Waals surface area contributed by atoms with Crippen molar-refractivity contribution in [3.8, 4) is 5.75 Å². The van der Waals surface area contributed by atoms with E-state index in [0.717, 1.165) is 5.75 Å². The van der Waals surface area contributed by atoms with E-state index in [4.69, 9.17) is 4.74 Å². The molecule has 1 aliphatic rings. The molecule has 1 aromatic rings. The highest BCUT2D eigenvalue weighted by atomic mass is 16.5.